The number of allylic oxidation sites excluding steroid dienone is 3. The van der Waals surface area contributed by atoms with Crippen LogP contribution in [0.2, 0.25) is 0 Å². The van der Waals surface area contributed by atoms with E-state index >= 15 is 0 Å². The number of ketones is 1. The number of hydrogen-bond donors (Lipinski definition) is 2. The number of nitrogens with one attached hydrogen (secondary N) is 2. The Kier molecular flexibility index (Phi) is 5.63. The summed E-state index contributed by atoms with van der Waals surface area (Å²) in [5.74, 6) is -0.593. The van der Waals surface area contributed by atoms with Gasteiger partial charge in [0.15, 0.2) is 5.78 Å². The van der Waals surface area contributed by atoms with Gasteiger partial charge in [-0.05, 0) is 54.7 Å². The molecule has 0 fully saturated rings. The number of carbonyl (C=O) groups excluding carboxylic acids is 2. The fraction of sp³-hybridized carbons (Fsp3) is 0.308. The number of dihydropyridines is 1. The van der Waals surface area contributed by atoms with Gasteiger partial charge in [0, 0.05) is 40.6 Å². The van der Waals surface area contributed by atoms with Crippen molar-refractivity contribution >= 4 is 17.4 Å². The van der Waals surface area contributed by atoms with E-state index in [-0.39, 0.29) is 17.1 Å². The van der Waals surface area contributed by atoms with Crippen LogP contribution in [0.5, 0.6) is 5.75 Å². The molecule has 1 aliphatic heterocycles. The summed E-state index contributed by atoms with van der Waals surface area (Å²) in [4.78, 5) is 26.7. The largest absolute Gasteiger partial charge is 0.497 e. The minimum Gasteiger partial charge on any atom is -0.497 e. The highest BCUT2D eigenvalue weighted by atomic mass is 19.1. The van der Waals surface area contributed by atoms with Crippen LogP contribution in [-0.4, -0.2) is 18.8 Å². The highest BCUT2D eigenvalue weighted by Crippen LogP contribution is 2.46. The number of hydrogen-bond acceptors (Lipinski definition) is 4. The maximum absolute atomic E-state index is 13.7. The Morgan fingerprint density at radius 2 is 1.88 bits per heavy atom. The molecule has 0 bridgehead atoms. The van der Waals surface area contributed by atoms with Gasteiger partial charge >= 0.3 is 0 Å². The Hall–Kier alpha value is -3.41. The first-order valence-corrected chi connectivity index (χ1v) is 10.6. The highest BCUT2D eigenvalue weighted by molar-refractivity contribution is 6.09. The number of halogens is 1. The van der Waals surface area contributed by atoms with E-state index in [2.05, 4.69) is 24.5 Å². The second kappa shape index (κ2) is 8.26. The molecule has 166 valence electrons. The number of methoxy groups -OCH3 is 1. The maximum atomic E-state index is 13.7. The Bertz CT molecular complexity index is 1150. The lowest BCUT2D eigenvalue weighted by atomic mass is 9.68. The van der Waals surface area contributed by atoms with Crippen molar-refractivity contribution < 1.29 is 18.7 Å². The molecule has 1 amide bonds. The van der Waals surface area contributed by atoms with Gasteiger partial charge in [-0.25, -0.2) is 4.39 Å². The second-order valence-corrected chi connectivity index (χ2v) is 9.17. The van der Waals surface area contributed by atoms with E-state index < -0.39 is 11.7 Å². The zero-order valence-corrected chi connectivity index (χ0v) is 18.7. The third kappa shape index (κ3) is 4.17. The molecule has 0 saturated heterocycles. The molecule has 1 aliphatic carbocycles. The standard InChI is InChI=1S/C26H27FN2O3/c1-15-22(25(31)29-18-7-5-6-17(27)12-18)23(16-8-10-19(32-4)11-9-16)24-20(28-15)13-26(2,3)14-21(24)30/h5-12,23,28H,13-14H2,1-4H3,(H,29,31)/t23-/m0/s1. The predicted octanol–water partition coefficient (Wildman–Crippen LogP) is 5.08. The van der Waals surface area contributed by atoms with Crippen LogP contribution in [0.1, 0.15) is 45.1 Å². The molecule has 1 heterocycles. The molecule has 5 nitrogen and oxygen atoms in total. The number of rotatable bonds is 4. The second-order valence-electron chi connectivity index (χ2n) is 9.17. The monoisotopic (exact) mass is 434 g/mol. The van der Waals surface area contributed by atoms with Crippen molar-refractivity contribution in [2.45, 2.75) is 39.5 Å². The molecular weight excluding hydrogens is 407 g/mol. The number of carbonyl (C=O) groups is 2. The lowest BCUT2D eigenvalue weighted by Gasteiger charge is -2.39. The van der Waals surface area contributed by atoms with Crippen LogP contribution in [-0.2, 0) is 9.59 Å². The fourth-order valence-electron chi connectivity index (χ4n) is 4.63. The summed E-state index contributed by atoms with van der Waals surface area (Å²) in [5, 5.41) is 6.13. The Balaban J connectivity index is 1.80. The quantitative estimate of drug-likeness (QED) is 0.705. The highest BCUT2D eigenvalue weighted by Gasteiger charge is 2.42. The van der Waals surface area contributed by atoms with E-state index in [4.69, 9.17) is 4.74 Å². The van der Waals surface area contributed by atoms with Crippen LogP contribution in [0, 0.1) is 11.2 Å². The summed E-state index contributed by atoms with van der Waals surface area (Å²) in [5.41, 5.74) is 3.66. The van der Waals surface area contributed by atoms with Gasteiger partial charge in [-0.2, -0.15) is 0 Å². The Morgan fingerprint density at radius 1 is 1.16 bits per heavy atom. The number of amides is 1. The average Bonchev–Trinajstić information content (AvgIpc) is 2.71. The summed E-state index contributed by atoms with van der Waals surface area (Å²) in [6.07, 6.45) is 1.13. The molecule has 32 heavy (non-hydrogen) atoms. The van der Waals surface area contributed by atoms with E-state index in [1.165, 1.54) is 12.1 Å². The van der Waals surface area contributed by atoms with E-state index in [0.29, 0.717) is 34.7 Å². The van der Waals surface area contributed by atoms with Crippen LogP contribution in [0.3, 0.4) is 0 Å². The molecule has 2 aliphatic rings. The van der Waals surface area contributed by atoms with Gasteiger partial charge in [0.1, 0.15) is 11.6 Å². The lowest BCUT2D eigenvalue weighted by Crippen LogP contribution is -2.39. The molecule has 6 heteroatoms. The summed E-state index contributed by atoms with van der Waals surface area (Å²) in [6, 6.07) is 13.2. The molecule has 0 spiro atoms. The van der Waals surface area contributed by atoms with Gasteiger partial charge < -0.3 is 15.4 Å². The van der Waals surface area contributed by atoms with Crippen molar-refractivity contribution in [3.05, 3.63) is 82.5 Å². The van der Waals surface area contributed by atoms with Gasteiger partial charge in [0.05, 0.1) is 7.11 Å². The Morgan fingerprint density at radius 3 is 2.53 bits per heavy atom. The van der Waals surface area contributed by atoms with Crippen molar-refractivity contribution in [3.63, 3.8) is 0 Å². The van der Waals surface area contributed by atoms with E-state index in [9.17, 15) is 14.0 Å². The van der Waals surface area contributed by atoms with Gasteiger partial charge in [0.2, 0.25) is 0 Å². The lowest BCUT2D eigenvalue weighted by molar-refractivity contribution is -0.118. The summed E-state index contributed by atoms with van der Waals surface area (Å²) in [7, 11) is 1.59. The van der Waals surface area contributed by atoms with Gasteiger partial charge in [0.25, 0.3) is 5.91 Å². The summed E-state index contributed by atoms with van der Waals surface area (Å²) >= 11 is 0. The number of benzene rings is 2. The smallest absolute Gasteiger partial charge is 0.254 e. The normalized spacial score (nSPS) is 19.9. The molecule has 0 saturated carbocycles. The molecule has 2 aromatic carbocycles. The van der Waals surface area contributed by atoms with Gasteiger partial charge in [-0.15, -0.1) is 0 Å². The first-order valence-electron chi connectivity index (χ1n) is 10.6. The molecule has 1 atom stereocenters. The van der Waals surface area contributed by atoms with Gasteiger partial charge in [-0.3, -0.25) is 9.59 Å². The van der Waals surface area contributed by atoms with Crippen molar-refractivity contribution in [3.8, 4) is 5.75 Å². The van der Waals surface area contributed by atoms with Gasteiger partial charge in [-0.1, -0.05) is 32.0 Å². The number of anilines is 1. The first-order chi connectivity index (χ1) is 15.2. The van der Waals surface area contributed by atoms with Crippen LogP contribution in [0.4, 0.5) is 10.1 Å². The van der Waals surface area contributed by atoms with Crippen LogP contribution >= 0.6 is 0 Å². The minimum absolute atomic E-state index is 0.0353. The molecular formula is C26H27FN2O3. The van der Waals surface area contributed by atoms with Crippen molar-refractivity contribution in [1.29, 1.82) is 0 Å². The van der Waals surface area contributed by atoms with E-state index in [0.717, 1.165) is 17.7 Å². The summed E-state index contributed by atoms with van der Waals surface area (Å²) < 4.78 is 18.9. The Labute approximate surface area is 187 Å². The van der Waals surface area contributed by atoms with E-state index in [1.807, 2.05) is 31.2 Å². The number of ether oxygens (including phenoxy) is 1. The molecule has 0 radical (unpaired) electrons. The molecule has 4 rings (SSSR count). The summed E-state index contributed by atoms with van der Waals surface area (Å²) in [6.45, 7) is 5.99. The van der Waals surface area contributed by atoms with Crippen LogP contribution in [0.25, 0.3) is 0 Å². The maximum Gasteiger partial charge on any atom is 0.254 e. The van der Waals surface area contributed by atoms with Crippen LogP contribution in [0.15, 0.2) is 71.1 Å². The number of Topliss-reactive ketones (excluding diaryl/α,β-unsaturated/α-hetero) is 1. The van der Waals surface area contributed by atoms with Crippen molar-refractivity contribution in [2.75, 3.05) is 12.4 Å². The molecule has 2 aromatic rings. The zero-order valence-electron chi connectivity index (χ0n) is 18.7. The fourth-order valence-corrected chi connectivity index (χ4v) is 4.63. The average molecular weight is 435 g/mol. The molecule has 0 unspecified atom stereocenters. The molecule has 2 N–H and O–H groups in total. The minimum atomic E-state index is -0.519. The first kappa shape index (κ1) is 21.8. The van der Waals surface area contributed by atoms with Crippen molar-refractivity contribution in [2.24, 2.45) is 5.41 Å². The predicted molar refractivity (Wildman–Crippen MR) is 122 cm³/mol. The third-order valence-electron chi connectivity index (χ3n) is 6.02. The third-order valence-corrected chi connectivity index (χ3v) is 6.02. The molecule has 0 aromatic heterocycles. The topological polar surface area (TPSA) is 67.4 Å². The zero-order chi connectivity index (χ0) is 23.0. The SMILES string of the molecule is COc1ccc([C@H]2C(C(=O)Nc3cccc(F)c3)=C(C)NC3=C2C(=O)CC(C)(C)C3)cc1. The van der Waals surface area contributed by atoms with Crippen LogP contribution < -0.4 is 15.4 Å². The van der Waals surface area contributed by atoms with Crippen molar-refractivity contribution in [1.82, 2.24) is 5.32 Å². The van der Waals surface area contributed by atoms with E-state index in [1.54, 1.807) is 19.2 Å².